The van der Waals surface area contributed by atoms with Crippen LogP contribution in [0, 0.1) is 12.8 Å². The van der Waals surface area contributed by atoms with Crippen LogP contribution in [0.2, 0.25) is 10.0 Å². The monoisotopic (exact) mass is 705 g/mol. The maximum Gasteiger partial charge on any atom is 0.307 e. The molecule has 8 nitrogen and oxygen atoms in total. The minimum absolute atomic E-state index is 0.331. The molecular formula is C40H37Cl2N5O3. The number of carboxylic acids is 1. The fourth-order valence-electron chi connectivity index (χ4n) is 7.53. The number of hydrogen-bond acceptors (Lipinski definition) is 7. The maximum atomic E-state index is 11.4. The summed E-state index contributed by atoms with van der Waals surface area (Å²) in [6, 6.07) is 20.3. The molecule has 5 heterocycles. The van der Waals surface area contributed by atoms with Crippen LogP contribution in [-0.2, 0) is 24.3 Å². The van der Waals surface area contributed by atoms with Crippen LogP contribution in [0.5, 0.6) is 0 Å². The number of pyridine rings is 2. The first-order chi connectivity index (χ1) is 24.3. The molecule has 6 aromatic rings. The van der Waals surface area contributed by atoms with Crippen molar-refractivity contribution in [1.82, 2.24) is 24.8 Å². The minimum atomic E-state index is -0.742. The Labute approximate surface area is 300 Å². The van der Waals surface area contributed by atoms with Crippen LogP contribution in [0.3, 0.4) is 0 Å². The van der Waals surface area contributed by atoms with Gasteiger partial charge in [0.25, 0.3) is 0 Å². The summed E-state index contributed by atoms with van der Waals surface area (Å²) in [6.45, 7) is 7.16. The summed E-state index contributed by atoms with van der Waals surface area (Å²) in [6.07, 6.45) is 7.60. The number of likely N-dealkylation sites (tertiary alicyclic amines) is 2. The number of oxazole rings is 1. The lowest BCUT2D eigenvalue weighted by atomic mass is 9.94. The Balaban J connectivity index is 1.06. The molecule has 2 saturated heterocycles. The molecule has 0 bridgehead atoms. The molecule has 3 aromatic heterocycles. The first-order valence-electron chi connectivity index (χ1n) is 17.2. The molecule has 3 aromatic carbocycles. The van der Waals surface area contributed by atoms with E-state index in [1.807, 2.05) is 54.9 Å². The Bertz CT molecular complexity index is 2250. The summed E-state index contributed by atoms with van der Waals surface area (Å²) in [7, 11) is 0. The number of carbonyl (C=O) groups is 1. The highest BCUT2D eigenvalue weighted by Gasteiger charge is 2.28. The lowest BCUT2D eigenvalue weighted by molar-refractivity contribution is -0.141. The van der Waals surface area contributed by atoms with Crippen LogP contribution < -0.4 is 0 Å². The predicted molar refractivity (Wildman–Crippen MR) is 198 cm³/mol. The number of aromatic nitrogens is 3. The van der Waals surface area contributed by atoms with Crippen molar-refractivity contribution < 1.29 is 14.3 Å². The number of benzene rings is 3. The zero-order valence-electron chi connectivity index (χ0n) is 27.8. The van der Waals surface area contributed by atoms with Gasteiger partial charge in [-0.15, -0.1) is 0 Å². The van der Waals surface area contributed by atoms with Gasteiger partial charge in [0.1, 0.15) is 5.52 Å². The Kier molecular flexibility index (Phi) is 9.04. The van der Waals surface area contributed by atoms with Gasteiger partial charge in [0.15, 0.2) is 5.58 Å². The second-order valence-corrected chi connectivity index (χ2v) is 14.4. The largest absolute Gasteiger partial charge is 0.481 e. The van der Waals surface area contributed by atoms with E-state index in [1.165, 1.54) is 18.4 Å². The van der Waals surface area contributed by atoms with Crippen molar-refractivity contribution in [1.29, 1.82) is 0 Å². The van der Waals surface area contributed by atoms with Crippen LogP contribution in [0.1, 0.15) is 47.2 Å². The molecule has 8 rings (SSSR count). The number of halogens is 2. The smallest absolute Gasteiger partial charge is 0.307 e. The number of fused-ring (bicyclic) bond motifs is 2. The van der Waals surface area contributed by atoms with Crippen molar-refractivity contribution in [2.24, 2.45) is 5.92 Å². The average Bonchev–Trinajstić information content (AvgIpc) is 3.88. The van der Waals surface area contributed by atoms with Crippen LogP contribution >= 0.6 is 23.2 Å². The van der Waals surface area contributed by atoms with Gasteiger partial charge in [-0.2, -0.15) is 0 Å². The highest BCUT2D eigenvalue weighted by Crippen LogP contribution is 2.39. The SMILES string of the molecule is Cc1c(-c2nc3cc(CN4CC[C@@H](C(=O)O)C4)cc(Cl)c3o2)cccc1-c1cccc(Cc2nccc3cc(CN4CCCC4)cnc23)c1Cl. The summed E-state index contributed by atoms with van der Waals surface area (Å²) in [5.41, 5.74) is 9.92. The molecule has 2 aliphatic rings. The average molecular weight is 707 g/mol. The summed E-state index contributed by atoms with van der Waals surface area (Å²) in [4.78, 5) is 30.5. The van der Waals surface area contributed by atoms with Gasteiger partial charge in [0, 0.05) is 55.0 Å². The highest BCUT2D eigenvalue weighted by molar-refractivity contribution is 6.35. The highest BCUT2D eigenvalue weighted by atomic mass is 35.5. The second-order valence-electron chi connectivity index (χ2n) is 13.6. The van der Waals surface area contributed by atoms with E-state index in [0.29, 0.717) is 53.0 Å². The van der Waals surface area contributed by atoms with Gasteiger partial charge in [0.2, 0.25) is 5.89 Å². The second kappa shape index (κ2) is 13.8. The molecule has 0 amide bonds. The Morgan fingerprint density at radius 3 is 2.52 bits per heavy atom. The van der Waals surface area contributed by atoms with E-state index < -0.39 is 5.97 Å². The van der Waals surface area contributed by atoms with E-state index in [9.17, 15) is 9.90 Å². The number of hydrogen-bond donors (Lipinski definition) is 1. The summed E-state index contributed by atoms with van der Waals surface area (Å²) < 4.78 is 6.26. The predicted octanol–water partition coefficient (Wildman–Crippen LogP) is 8.81. The number of nitrogens with zero attached hydrogens (tertiary/aromatic N) is 5. The van der Waals surface area contributed by atoms with Gasteiger partial charge < -0.3 is 9.52 Å². The Morgan fingerprint density at radius 2 is 1.70 bits per heavy atom. The van der Waals surface area contributed by atoms with E-state index >= 15 is 0 Å². The molecule has 0 aliphatic carbocycles. The van der Waals surface area contributed by atoms with Crippen molar-refractivity contribution in [2.45, 2.75) is 45.7 Å². The molecule has 0 unspecified atom stereocenters. The molecule has 2 fully saturated rings. The Hall–Kier alpha value is -4.34. The number of carboxylic acid groups (broad SMARTS) is 1. The maximum absolute atomic E-state index is 11.4. The van der Waals surface area contributed by atoms with Crippen molar-refractivity contribution in [3.8, 4) is 22.6 Å². The fraction of sp³-hybridized carbons (Fsp3) is 0.300. The van der Waals surface area contributed by atoms with Gasteiger partial charge in [-0.25, -0.2) is 4.98 Å². The number of rotatable bonds is 9. The van der Waals surface area contributed by atoms with E-state index in [1.54, 1.807) is 0 Å². The first kappa shape index (κ1) is 32.8. The van der Waals surface area contributed by atoms with E-state index in [0.717, 1.165) is 76.2 Å². The molecule has 0 radical (unpaired) electrons. The van der Waals surface area contributed by atoms with Gasteiger partial charge >= 0.3 is 5.97 Å². The lowest BCUT2D eigenvalue weighted by Crippen LogP contribution is -2.22. The molecule has 1 N–H and O–H groups in total. The van der Waals surface area contributed by atoms with Crippen LogP contribution in [-0.4, -0.2) is 62.0 Å². The quantitative estimate of drug-likeness (QED) is 0.159. The third kappa shape index (κ3) is 6.49. The lowest BCUT2D eigenvalue weighted by Gasteiger charge is -2.15. The Morgan fingerprint density at radius 1 is 0.920 bits per heavy atom. The number of aliphatic carboxylic acids is 1. The zero-order valence-corrected chi connectivity index (χ0v) is 29.3. The topological polar surface area (TPSA) is 95.6 Å². The van der Waals surface area contributed by atoms with Gasteiger partial charge in [-0.1, -0.05) is 53.5 Å². The third-order valence-corrected chi connectivity index (χ3v) is 10.9. The van der Waals surface area contributed by atoms with Crippen molar-refractivity contribution in [2.75, 3.05) is 26.2 Å². The summed E-state index contributed by atoms with van der Waals surface area (Å²) in [5.74, 6) is -0.594. The molecule has 254 valence electrons. The molecule has 50 heavy (non-hydrogen) atoms. The van der Waals surface area contributed by atoms with E-state index in [-0.39, 0.29) is 5.92 Å². The fourth-order valence-corrected chi connectivity index (χ4v) is 8.10. The standard InChI is InChI=1S/C40H37Cl2N5O3/c1-24-30(7-5-8-31(24)39-45-35-18-25(17-33(41)38(35)50-39)21-47-15-11-29(23-47)40(48)49)32-9-4-6-27(36(32)42)19-34-37-28(10-12-43-34)16-26(20-44-37)22-46-13-2-3-14-46/h4-10,12,16-18,20,29H,2-3,11,13-15,19,21-23H2,1H3,(H,48,49)/t29-/m1/s1. The van der Waals surface area contributed by atoms with Crippen molar-refractivity contribution in [3.63, 3.8) is 0 Å². The van der Waals surface area contributed by atoms with E-state index in [4.69, 9.17) is 42.6 Å². The third-order valence-electron chi connectivity index (χ3n) is 10.2. The van der Waals surface area contributed by atoms with E-state index in [2.05, 4.69) is 34.9 Å². The van der Waals surface area contributed by atoms with Crippen LogP contribution in [0.4, 0.5) is 0 Å². The van der Waals surface area contributed by atoms with Gasteiger partial charge in [-0.05, 0) is 104 Å². The van der Waals surface area contributed by atoms with Crippen LogP contribution in [0.15, 0.2) is 77.5 Å². The summed E-state index contributed by atoms with van der Waals surface area (Å²) >= 11 is 13.9. The first-order valence-corrected chi connectivity index (χ1v) is 17.9. The van der Waals surface area contributed by atoms with Crippen molar-refractivity contribution in [3.05, 3.63) is 111 Å². The van der Waals surface area contributed by atoms with Crippen LogP contribution in [0.25, 0.3) is 44.6 Å². The molecule has 1 atom stereocenters. The molecule has 10 heteroatoms. The minimum Gasteiger partial charge on any atom is -0.481 e. The summed E-state index contributed by atoms with van der Waals surface area (Å²) in [5, 5.41) is 11.6. The molecular weight excluding hydrogens is 669 g/mol. The zero-order chi connectivity index (χ0) is 34.4. The van der Waals surface area contributed by atoms with Crippen molar-refractivity contribution >= 4 is 51.2 Å². The molecule has 2 aliphatic heterocycles. The molecule has 0 spiro atoms. The molecule has 0 saturated carbocycles. The van der Waals surface area contributed by atoms with Gasteiger partial charge in [0.05, 0.1) is 27.2 Å². The van der Waals surface area contributed by atoms with Gasteiger partial charge in [-0.3, -0.25) is 24.6 Å². The normalized spacial score (nSPS) is 17.0.